The molecule has 1 aromatic rings. The third-order valence-corrected chi connectivity index (χ3v) is 1.41. The Bertz CT molecular complexity index is 186. The van der Waals surface area contributed by atoms with Gasteiger partial charge in [0, 0.05) is 0 Å². The van der Waals surface area contributed by atoms with Crippen LogP contribution in [0.5, 0.6) is 0 Å². The monoisotopic (exact) mass is 132 g/mol. The van der Waals surface area contributed by atoms with Gasteiger partial charge < -0.3 is 5.11 Å². The van der Waals surface area contributed by atoms with Crippen LogP contribution in [-0.2, 0) is 0 Å². The summed E-state index contributed by atoms with van der Waals surface area (Å²) in [5, 5.41) is 9.20. The Balaban J connectivity index is 2.75. The summed E-state index contributed by atoms with van der Waals surface area (Å²) in [5.74, 6) is 0. The average Bonchev–Trinajstić information content (AvgIpc) is 2.05. The van der Waals surface area contributed by atoms with E-state index in [0.717, 1.165) is 5.56 Å². The van der Waals surface area contributed by atoms with Crippen molar-refractivity contribution >= 4 is 7.85 Å². The molecule has 10 heavy (non-hydrogen) atoms. The molecule has 0 aromatic heterocycles. The summed E-state index contributed by atoms with van der Waals surface area (Å²) >= 11 is 0. The zero-order chi connectivity index (χ0) is 7.40. The van der Waals surface area contributed by atoms with Crippen molar-refractivity contribution in [3.05, 3.63) is 35.9 Å². The van der Waals surface area contributed by atoms with Crippen LogP contribution >= 0.6 is 0 Å². The van der Waals surface area contributed by atoms with Crippen LogP contribution in [0.25, 0.3) is 0 Å². The number of hydrogen-bond acceptors (Lipinski definition) is 1. The highest BCUT2D eigenvalue weighted by molar-refractivity contribution is 6.08. The van der Waals surface area contributed by atoms with Crippen LogP contribution in [0.2, 0.25) is 6.32 Å². The maximum atomic E-state index is 9.20. The summed E-state index contributed by atoms with van der Waals surface area (Å²) in [5.41, 5.74) is 0.880. The molecule has 0 saturated heterocycles. The molecular weight excluding hydrogens is 123 g/mol. The van der Waals surface area contributed by atoms with Crippen molar-refractivity contribution < 1.29 is 5.11 Å². The number of aliphatic hydroxyl groups excluding tert-OH is 1. The topological polar surface area (TPSA) is 20.2 Å². The fraction of sp³-hybridized carbons (Fsp3) is 0.250. The smallest absolute Gasteiger partial charge is 0.0713 e. The predicted molar refractivity (Wildman–Crippen MR) is 42.0 cm³/mol. The third-order valence-electron chi connectivity index (χ3n) is 1.41. The lowest BCUT2D eigenvalue weighted by Gasteiger charge is -2.06. The summed E-state index contributed by atoms with van der Waals surface area (Å²) in [6.45, 7) is 0. The zero-order valence-electron chi connectivity index (χ0n) is 5.70. The van der Waals surface area contributed by atoms with Gasteiger partial charge in [0.25, 0.3) is 0 Å². The SMILES string of the molecule is [B]CC(O)c1ccccc1. The van der Waals surface area contributed by atoms with E-state index in [1.165, 1.54) is 0 Å². The first-order chi connectivity index (χ1) is 4.84. The molecule has 0 aliphatic carbocycles. The van der Waals surface area contributed by atoms with Crippen LogP contribution in [0.1, 0.15) is 11.7 Å². The van der Waals surface area contributed by atoms with Gasteiger partial charge in [-0.2, -0.15) is 0 Å². The van der Waals surface area contributed by atoms with E-state index in [-0.39, 0.29) is 6.32 Å². The average molecular weight is 132 g/mol. The lowest BCUT2D eigenvalue weighted by Crippen LogP contribution is -1.94. The first kappa shape index (κ1) is 7.35. The van der Waals surface area contributed by atoms with Gasteiger partial charge in [0.15, 0.2) is 0 Å². The molecule has 0 fully saturated rings. The summed E-state index contributed by atoms with van der Waals surface area (Å²) in [4.78, 5) is 0. The Hall–Kier alpha value is -0.755. The molecule has 2 radical (unpaired) electrons. The maximum absolute atomic E-state index is 9.20. The third kappa shape index (κ3) is 1.61. The number of aliphatic hydroxyl groups is 1. The van der Waals surface area contributed by atoms with Crippen molar-refractivity contribution in [2.24, 2.45) is 0 Å². The van der Waals surface area contributed by atoms with Crippen molar-refractivity contribution in [3.63, 3.8) is 0 Å². The lowest BCUT2D eigenvalue weighted by atomic mass is 9.94. The molecule has 1 atom stereocenters. The van der Waals surface area contributed by atoms with Crippen LogP contribution in [0, 0.1) is 0 Å². The lowest BCUT2D eigenvalue weighted by molar-refractivity contribution is 0.200. The van der Waals surface area contributed by atoms with E-state index in [2.05, 4.69) is 0 Å². The number of rotatable bonds is 2. The molecule has 1 aromatic carbocycles. The van der Waals surface area contributed by atoms with Crippen molar-refractivity contribution in [2.45, 2.75) is 12.4 Å². The molecule has 0 amide bonds. The van der Waals surface area contributed by atoms with Gasteiger partial charge in [-0.15, -0.1) is 0 Å². The van der Waals surface area contributed by atoms with Crippen LogP contribution in [-0.4, -0.2) is 13.0 Å². The summed E-state index contributed by atoms with van der Waals surface area (Å²) < 4.78 is 0. The normalized spacial score (nSPS) is 12.9. The molecule has 0 aliphatic rings. The molecule has 2 heteroatoms. The fourth-order valence-electron chi connectivity index (χ4n) is 0.811. The highest BCUT2D eigenvalue weighted by Gasteiger charge is 2.00. The predicted octanol–water partition coefficient (Wildman–Crippen LogP) is 1.31. The number of hydrogen-bond donors (Lipinski definition) is 1. The Morgan fingerprint density at radius 2 is 1.90 bits per heavy atom. The molecule has 0 aliphatic heterocycles. The number of benzene rings is 1. The minimum absolute atomic E-state index is 0.282. The van der Waals surface area contributed by atoms with Gasteiger partial charge in [-0.3, -0.25) is 0 Å². The van der Waals surface area contributed by atoms with Crippen molar-refractivity contribution in [1.82, 2.24) is 0 Å². The molecule has 1 unspecified atom stereocenters. The summed E-state index contributed by atoms with van der Waals surface area (Å²) in [7, 11) is 5.25. The summed E-state index contributed by atoms with van der Waals surface area (Å²) in [6, 6.07) is 9.39. The van der Waals surface area contributed by atoms with E-state index in [4.69, 9.17) is 7.85 Å². The molecule has 50 valence electrons. The van der Waals surface area contributed by atoms with Crippen LogP contribution in [0.4, 0.5) is 0 Å². The van der Waals surface area contributed by atoms with E-state index in [1.807, 2.05) is 30.3 Å². The van der Waals surface area contributed by atoms with Gasteiger partial charge in [0.05, 0.1) is 14.0 Å². The first-order valence-corrected chi connectivity index (χ1v) is 3.27. The first-order valence-electron chi connectivity index (χ1n) is 3.27. The molecule has 0 saturated carbocycles. The second kappa shape index (κ2) is 3.42. The van der Waals surface area contributed by atoms with Crippen molar-refractivity contribution in [1.29, 1.82) is 0 Å². The standard InChI is InChI=1S/C8H9BO/c9-6-8(10)7-4-2-1-3-5-7/h1-5,8,10H,6H2. The van der Waals surface area contributed by atoms with E-state index in [0.29, 0.717) is 0 Å². The Morgan fingerprint density at radius 3 is 2.40 bits per heavy atom. The Labute approximate surface area is 62.1 Å². The fourth-order valence-corrected chi connectivity index (χ4v) is 0.811. The molecular formula is C8H9BO. The Morgan fingerprint density at radius 1 is 1.30 bits per heavy atom. The molecule has 0 heterocycles. The quantitative estimate of drug-likeness (QED) is 0.601. The molecule has 0 bridgehead atoms. The van der Waals surface area contributed by atoms with Crippen molar-refractivity contribution in [2.75, 3.05) is 0 Å². The van der Waals surface area contributed by atoms with Gasteiger partial charge in [-0.05, 0) is 5.56 Å². The summed E-state index contributed by atoms with van der Waals surface area (Å²) in [6.07, 6.45) is -0.231. The van der Waals surface area contributed by atoms with Gasteiger partial charge in [0.1, 0.15) is 0 Å². The highest BCUT2D eigenvalue weighted by Crippen LogP contribution is 2.13. The van der Waals surface area contributed by atoms with Gasteiger partial charge in [0.2, 0.25) is 0 Å². The van der Waals surface area contributed by atoms with Gasteiger partial charge in [-0.25, -0.2) is 0 Å². The largest absolute Gasteiger partial charge is 0.389 e. The van der Waals surface area contributed by atoms with E-state index in [1.54, 1.807) is 0 Å². The second-order valence-corrected chi connectivity index (χ2v) is 2.16. The minimum Gasteiger partial charge on any atom is -0.389 e. The maximum Gasteiger partial charge on any atom is 0.0713 e. The van der Waals surface area contributed by atoms with Crippen molar-refractivity contribution in [3.8, 4) is 0 Å². The zero-order valence-corrected chi connectivity index (χ0v) is 5.70. The molecule has 1 rings (SSSR count). The van der Waals surface area contributed by atoms with E-state index < -0.39 is 6.10 Å². The highest BCUT2D eigenvalue weighted by atomic mass is 16.3. The molecule has 0 spiro atoms. The molecule has 1 nitrogen and oxygen atoms in total. The van der Waals surface area contributed by atoms with Crippen LogP contribution in [0.3, 0.4) is 0 Å². The van der Waals surface area contributed by atoms with E-state index >= 15 is 0 Å². The van der Waals surface area contributed by atoms with E-state index in [9.17, 15) is 5.11 Å². The molecule has 1 N–H and O–H groups in total. The van der Waals surface area contributed by atoms with Gasteiger partial charge in [-0.1, -0.05) is 36.7 Å². The van der Waals surface area contributed by atoms with Crippen LogP contribution in [0.15, 0.2) is 30.3 Å². The Kier molecular flexibility index (Phi) is 2.52. The second-order valence-electron chi connectivity index (χ2n) is 2.16. The van der Waals surface area contributed by atoms with Gasteiger partial charge >= 0.3 is 0 Å². The van der Waals surface area contributed by atoms with Crippen LogP contribution < -0.4 is 0 Å². The minimum atomic E-state index is -0.513.